The van der Waals surface area contributed by atoms with Crippen molar-refractivity contribution < 1.29 is 5.11 Å². The Morgan fingerprint density at radius 1 is 1.19 bits per heavy atom. The van der Waals surface area contributed by atoms with Crippen molar-refractivity contribution in [3.63, 3.8) is 0 Å². The van der Waals surface area contributed by atoms with E-state index in [0.29, 0.717) is 5.92 Å². The number of hydrogen-bond donors (Lipinski definition) is 1. The molecular weight excluding hydrogens is 216 g/mol. The van der Waals surface area contributed by atoms with Crippen molar-refractivity contribution in [2.24, 2.45) is 0 Å². The fraction of sp³-hybridized carbons (Fsp3) is 0.286. The molecule has 2 rings (SSSR count). The van der Waals surface area contributed by atoms with E-state index in [0.717, 1.165) is 4.88 Å². The van der Waals surface area contributed by atoms with Crippen LogP contribution in [0.4, 0.5) is 0 Å². The minimum absolute atomic E-state index is 0.133. The Labute approximate surface area is 100 Å². The molecule has 1 N–H and O–H groups in total. The highest BCUT2D eigenvalue weighted by molar-refractivity contribution is 7.15. The lowest BCUT2D eigenvalue weighted by molar-refractivity contribution is 0.285. The maximum Gasteiger partial charge on any atom is 0.0774 e. The van der Waals surface area contributed by atoms with Crippen molar-refractivity contribution in [2.75, 3.05) is 0 Å². The Bertz CT molecular complexity index is 471. The fourth-order valence-corrected chi connectivity index (χ4v) is 2.53. The Morgan fingerprint density at radius 2 is 2.00 bits per heavy atom. The highest BCUT2D eigenvalue weighted by Crippen LogP contribution is 2.30. The molecule has 0 atom stereocenters. The van der Waals surface area contributed by atoms with E-state index < -0.39 is 0 Å². The van der Waals surface area contributed by atoms with Crippen molar-refractivity contribution in [1.29, 1.82) is 0 Å². The molecule has 0 spiro atoms. The summed E-state index contributed by atoms with van der Waals surface area (Å²) in [7, 11) is 0. The third kappa shape index (κ3) is 2.34. The molecule has 1 aromatic carbocycles. The standard InChI is InChI=1S/C14H16OS/c1-10(2)11-4-3-5-12(8-11)14-7-6-13(9-15)16-14/h3-8,10,15H,9H2,1-2H3. The number of benzene rings is 1. The molecule has 2 heteroatoms. The average Bonchev–Trinajstić information content (AvgIpc) is 2.77. The van der Waals surface area contributed by atoms with E-state index in [1.54, 1.807) is 11.3 Å². The van der Waals surface area contributed by atoms with Gasteiger partial charge in [-0.1, -0.05) is 38.1 Å². The van der Waals surface area contributed by atoms with Crippen molar-refractivity contribution in [1.82, 2.24) is 0 Å². The van der Waals surface area contributed by atoms with E-state index in [9.17, 15) is 0 Å². The summed E-state index contributed by atoms with van der Waals surface area (Å²) >= 11 is 1.66. The van der Waals surface area contributed by atoms with Gasteiger partial charge >= 0.3 is 0 Å². The quantitative estimate of drug-likeness (QED) is 0.847. The zero-order valence-corrected chi connectivity index (χ0v) is 10.4. The molecule has 2 aromatic rings. The molecular formula is C14H16OS. The molecule has 0 saturated carbocycles. The second kappa shape index (κ2) is 4.81. The van der Waals surface area contributed by atoms with Crippen molar-refractivity contribution in [2.45, 2.75) is 26.4 Å². The van der Waals surface area contributed by atoms with Gasteiger partial charge in [0.05, 0.1) is 6.61 Å². The summed E-state index contributed by atoms with van der Waals surface area (Å²) in [6, 6.07) is 12.7. The fourth-order valence-electron chi connectivity index (χ4n) is 1.67. The molecule has 16 heavy (non-hydrogen) atoms. The number of rotatable bonds is 3. The van der Waals surface area contributed by atoms with Gasteiger partial charge in [-0.05, 0) is 29.2 Å². The lowest BCUT2D eigenvalue weighted by Crippen LogP contribution is -1.86. The van der Waals surface area contributed by atoms with Crippen molar-refractivity contribution >= 4 is 11.3 Å². The first-order chi connectivity index (χ1) is 7.70. The van der Waals surface area contributed by atoms with Crippen molar-refractivity contribution in [3.05, 3.63) is 46.8 Å². The lowest BCUT2D eigenvalue weighted by Gasteiger charge is -2.06. The maximum absolute atomic E-state index is 9.05. The SMILES string of the molecule is CC(C)c1cccc(-c2ccc(CO)s2)c1. The molecule has 0 aliphatic carbocycles. The molecule has 1 aromatic heterocycles. The van der Waals surface area contributed by atoms with E-state index >= 15 is 0 Å². The molecule has 0 aliphatic rings. The van der Waals surface area contributed by atoms with E-state index in [4.69, 9.17) is 5.11 Å². The van der Waals surface area contributed by atoms with Crippen LogP contribution in [0.2, 0.25) is 0 Å². The molecule has 84 valence electrons. The van der Waals surface area contributed by atoms with Gasteiger partial charge in [-0.3, -0.25) is 0 Å². The van der Waals surface area contributed by atoms with E-state index in [2.05, 4.69) is 44.2 Å². The second-order valence-electron chi connectivity index (χ2n) is 4.20. The van der Waals surface area contributed by atoms with Crippen LogP contribution >= 0.6 is 11.3 Å². The van der Waals surface area contributed by atoms with E-state index in [1.165, 1.54) is 16.0 Å². The highest BCUT2D eigenvalue weighted by atomic mass is 32.1. The van der Waals surface area contributed by atoms with Gasteiger partial charge in [0.25, 0.3) is 0 Å². The van der Waals surface area contributed by atoms with Crippen LogP contribution in [0.1, 0.15) is 30.2 Å². The largest absolute Gasteiger partial charge is 0.391 e. The minimum atomic E-state index is 0.133. The summed E-state index contributed by atoms with van der Waals surface area (Å²) in [6.07, 6.45) is 0. The summed E-state index contributed by atoms with van der Waals surface area (Å²) in [5, 5.41) is 9.05. The van der Waals surface area contributed by atoms with Crippen LogP contribution in [0.25, 0.3) is 10.4 Å². The summed E-state index contributed by atoms with van der Waals surface area (Å²) in [5.74, 6) is 0.553. The summed E-state index contributed by atoms with van der Waals surface area (Å²) < 4.78 is 0. The van der Waals surface area contributed by atoms with Crippen LogP contribution in [0.15, 0.2) is 36.4 Å². The highest BCUT2D eigenvalue weighted by Gasteiger charge is 2.04. The molecule has 0 unspecified atom stereocenters. The Balaban J connectivity index is 2.36. The van der Waals surface area contributed by atoms with Crippen LogP contribution in [0.5, 0.6) is 0 Å². The van der Waals surface area contributed by atoms with Gasteiger partial charge < -0.3 is 5.11 Å². The first-order valence-electron chi connectivity index (χ1n) is 5.50. The molecule has 1 heterocycles. The minimum Gasteiger partial charge on any atom is -0.391 e. The van der Waals surface area contributed by atoms with Gasteiger partial charge in [0.15, 0.2) is 0 Å². The number of aliphatic hydroxyl groups excluding tert-OH is 1. The third-order valence-corrected chi connectivity index (χ3v) is 3.77. The molecule has 1 nitrogen and oxygen atoms in total. The summed E-state index contributed by atoms with van der Waals surface area (Å²) in [5.41, 5.74) is 2.60. The van der Waals surface area contributed by atoms with Gasteiger partial charge in [-0.2, -0.15) is 0 Å². The molecule has 0 fully saturated rings. The van der Waals surface area contributed by atoms with Crippen LogP contribution in [-0.2, 0) is 6.61 Å². The van der Waals surface area contributed by atoms with E-state index in [1.807, 2.05) is 6.07 Å². The Kier molecular flexibility index (Phi) is 3.42. The topological polar surface area (TPSA) is 20.2 Å². The van der Waals surface area contributed by atoms with E-state index in [-0.39, 0.29) is 6.61 Å². The summed E-state index contributed by atoms with van der Waals surface area (Å²) in [6.45, 7) is 4.54. The number of hydrogen-bond acceptors (Lipinski definition) is 2. The number of aliphatic hydroxyl groups is 1. The van der Waals surface area contributed by atoms with Crippen LogP contribution < -0.4 is 0 Å². The predicted molar refractivity (Wildman–Crippen MR) is 69.8 cm³/mol. The van der Waals surface area contributed by atoms with Crippen LogP contribution in [0.3, 0.4) is 0 Å². The van der Waals surface area contributed by atoms with Gasteiger partial charge in [0.2, 0.25) is 0 Å². The molecule has 0 aliphatic heterocycles. The molecule has 0 saturated heterocycles. The lowest BCUT2D eigenvalue weighted by atomic mass is 10.0. The first-order valence-corrected chi connectivity index (χ1v) is 6.32. The zero-order valence-electron chi connectivity index (χ0n) is 9.60. The van der Waals surface area contributed by atoms with Gasteiger partial charge in [-0.15, -0.1) is 11.3 Å². The average molecular weight is 232 g/mol. The molecule has 0 bridgehead atoms. The first kappa shape index (κ1) is 11.4. The van der Waals surface area contributed by atoms with Gasteiger partial charge in [-0.25, -0.2) is 0 Å². The molecule has 0 radical (unpaired) electrons. The monoisotopic (exact) mass is 232 g/mol. The predicted octanol–water partition coefficient (Wildman–Crippen LogP) is 4.03. The van der Waals surface area contributed by atoms with Crippen molar-refractivity contribution in [3.8, 4) is 10.4 Å². The normalized spacial score (nSPS) is 11.0. The van der Waals surface area contributed by atoms with Gasteiger partial charge in [0.1, 0.15) is 0 Å². The third-order valence-electron chi connectivity index (χ3n) is 2.66. The number of thiophene rings is 1. The Hall–Kier alpha value is -1.12. The molecule has 0 amide bonds. The van der Waals surface area contributed by atoms with Crippen LogP contribution in [0, 0.1) is 0 Å². The zero-order chi connectivity index (χ0) is 11.5. The van der Waals surface area contributed by atoms with Gasteiger partial charge in [0, 0.05) is 9.75 Å². The summed E-state index contributed by atoms with van der Waals surface area (Å²) in [4.78, 5) is 2.25. The Morgan fingerprint density at radius 3 is 2.62 bits per heavy atom. The maximum atomic E-state index is 9.05. The second-order valence-corrected chi connectivity index (χ2v) is 5.37. The van der Waals surface area contributed by atoms with Crippen LogP contribution in [-0.4, -0.2) is 5.11 Å². The smallest absolute Gasteiger partial charge is 0.0774 e.